The van der Waals surface area contributed by atoms with Crippen molar-refractivity contribution in [3.8, 4) is 0 Å². The predicted octanol–water partition coefficient (Wildman–Crippen LogP) is 2.89. The Hall–Kier alpha value is -1.69. The molecule has 1 N–H and O–H groups in total. The Morgan fingerprint density at radius 3 is 2.71 bits per heavy atom. The van der Waals surface area contributed by atoms with E-state index < -0.39 is 0 Å². The molecule has 0 spiro atoms. The average Bonchev–Trinajstić information content (AvgIpc) is 3.09. The first-order chi connectivity index (χ1) is 11.8. The van der Waals surface area contributed by atoms with Crippen LogP contribution in [0, 0.1) is 12.8 Å². The average molecular weight is 328 g/mol. The highest BCUT2D eigenvalue weighted by Gasteiger charge is 2.26. The lowest BCUT2D eigenvalue weighted by Crippen LogP contribution is -2.43. The maximum atomic E-state index is 4.40. The zero-order valence-corrected chi connectivity index (χ0v) is 14.6. The number of aromatic nitrogens is 4. The van der Waals surface area contributed by atoms with Crippen molar-refractivity contribution in [2.45, 2.75) is 57.9 Å². The molecule has 1 aliphatic heterocycles. The summed E-state index contributed by atoms with van der Waals surface area (Å²) in [5, 5.41) is 16.1. The van der Waals surface area contributed by atoms with E-state index >= 15 is 0 Å². The van der Waals surface area contributed by atoms with Crippen LogP contribution in [0.15, 0.2) is 12.4 Å². The summed E-state index contributed by atoms with van der Waals surface area (Å²) in [6, 6.07) is 2.94. The Labute approximate surface area is 143 Å². The summed E-state index contributed by atoms with van der Waals surface area (Å²) in [6.45, 7) is 5.57. The lowest BCUT2D eigenvalue weighted by Gasteiger charge is -2.39. The number of rotatable bonds is 4. The highest BCUT2D eigenvalue weighted by atomic mass is 15.3. The molecule has 2 aromatic rings. The van der Waals surface area contributed by atoms with Gasteiger partial charge in [-0.3, -0.25) is 0 Å². The van der Waals surface area contributed by atoms with E-state index in [9.17, 15) is 0 Å². The maximum absolute atomic E-state index is 4.40. The van der Waals surface area contributed by atoms with Gasteiger partial charge in [-0.15, -0.1) is 10.2 Å². The monoisotopic (exact) mass is 328 g/mol. The van der Waals surface area contributed by atoms with Gasteiger partial charge in [-0.25, -0.2) is 0 Å². The van der Waals surface area contributed by atoms with Crippen molar-refractivity contribution >= 4 is 11.3 Å². The minimum Gasteiger partial charge on any atom is -0.382 e. The van der Waals surface area contributed by atoms with Crippen LogP contribution >= 0.6 is 0 Å². The van der Waals surface area contributed by atoms with E-state index in [1.807, 2.05) is 6.92 Å². The van der Waals surface area contributed by atoms with Gasteiger partial charge in [-0.2, -0.15) is 9.61 Å². The van der Waals surface area contributed by atoms with Gasteiger partial charge >= 0.3 is 0 Å². The molecular formula is C18H28N6. The van der Waals surface area contributed by atoms with Crippen molar-refractivity contribution in [1.82, 2.24) is 24.7 Å². The molecule has 1 aliphatic carbocycles. The third kappa shape index (κ3) is 3.38. The second-order valence-corrected chi connectivity index (χ2v) is 7.45. The van der Waals surface area contributed by atoms with Crippen molar-refractivity contribution in [2.24, 2.45) is 5.92 Å². The second-order valence-electron chi connectivity index (χ2n) is 7.45. The largest absolute Gasteiger partial charge is 0.382 e. The number of hydrogen-bond acceptors (Lipinski definition) is 5. The molecule has 2 aromatic heterocycles. The van der Waals surface area contributed by atoms with Crippen LogP contribution in [0.1, 0.15) is 50.6 Å². The number of nitrogens with one attached hydrogen (secondary N) is 1. The van der Waals surface area contributed by atoms with Crippen molar-refractivity contribution in [1.29, 1.82) is 0 Å². The molecule has 0 amide bonds. The molecule has 0 atom stereocenters. The van der Waals surface area contributed by atoms with Crippen molar-refractivity contribution in [3.63, 3.8) is 0 Å². The Kier molecular flexibility index (Phi) is 4.65. The SMILES string of the molecule is Cc1cc(NCC2CCN(C3CCCCC3)CC2)c2nncn2n1. The van der Waals surface area contributed by atoms with Crippen molar-refractivity contribution in [2.75, 3.05) is 25.0 Å². The highest BCUT2D eigenvalue weighted by Crippen LogP contribution is 2.27. The molecule has 0 unspecified atom stereocenters. The Balaban J connectivity index is 1.31. The van der Waals surface area contributed by atoms with Crippen LogP contribution in [0.5, 0.6) is 0 Å². The fraction of sp³-hybridized carbons (Fsp3) is 0.722. The summed E-state index contributed by atoms with van der Waals surface area (Å²) < 4.78 is 1.75. The predicted molar refractivity (Wildman–Crippen MR) is 95.2 cm³/mol. The van der Waals surface area contributed by atoms with E-state index in [2.05, 4.69) is 31.6 Å². The molecule has 2 fully saturated rings. The van der Waals surface area contributed by atoms with Crippen molar-refractivity contribution < 1.29 is 0 Å². The van der Waals surface area contributed by atoms with E-state index in [0.29, 0.717) is 0 Å². The van der Waals surface area contributed by atoms with Gasteiger partial charge in [-0.1, -0.05) is 19.3 Å². The Morgan fingerprint density at radius 1 is 1.12 bits per heavy atom. The molecule has 130 valence electrons. The Bertz CT molecular complexity index is 667. The summed E-state index contributed by atoms with van der Waals surface area (Å²) in [5.74, 6) is 0.751. The third-order valence-electron chi connectivity index (χ3n) is 5.71. The van der Waals surface area contributed by atoms with Gasteiger partial charge in [0.05, 0.1) is 11.4 Å². The highest BCUT2D eigenvalue weighted by molar-refractivity contribution is 5.66. The minimum atomic E-state index is 0.751. The first kappa shape index (κ1) is 15.8. The van der Waals surface area contributed by atoms with Crippen LogP contribution in [0.2, 0.25) is 0 Å². The minimum absolute atomic E-state index is 0.751. The summed E-state index contributed by atoms with van der Waals surface area (Å²) >= 11 is 0. The molecule has 2 aliphatic rings. The first-order valence-electron chi connectivity index (χ1n) is 9.45. The first-order valence-corrected chi connectivity index (χ1v) is 9.45. The number of aryl methyl sites for hydroxylation is 1. The molecule has 0 aromatic carbocycles. The quantitative estimate of drug-likeness (QED) is 0.935. The number of piperidine rings is 1. The molecule has 0 radical (unpaired) electrons. The van der Waals surface area contributed by atoms with Gasteiger partial charge in [0.15, 0.2) is 0 Å². The fourth-order valence-electron chi connectivity index (χ4n) is 4.31. The van der Waals surface area contributed by atoms with E-state index in [1.165, 1.54) is 58.0 Å². The van der Waals surface area contributed by atoms with Gasteiger partial charge in [0.25, 0.3) is 0 Å². The number of nitrogens with zero attached hydrogens (tertiary/aromatic N) is 5. The topological polar surface area (TPSA) is 58.3 Å². The molecule has 0 bridgehead atoms. The number of likely N-dealkylation sites (tertiary alicyclic amines) is 1. The molecule has 24 heavy (non-hydrogen) atoms. The van der Waals surface area contributed by atoms with E-state index in [-0.39, 0.29) is 0 Å². The lowest BCUT2D eigenvalue weighted by molar-refractivity contribution is 0.110. The third-order valence-corrected chi connectivity index (χ3v) is 5.71. The summed E-state index contributed by atoms with van der Waals surface area (Å²) in [6.07, 6.45) is 11.4. The molecule has 3 heterocycles. The zero-order valence-electron chi connectivity index (χ0n) is 14.6. The van der Waals surface area contributed by atoms with Gasteiger partial charge in [0.2, 0.25) is 5.65 Å². The molecule has 1 saturated heterocycles. The van der Waals surface area contributed by atoms with E-state index in [0.717, 1.165) is 35.5 Å². The number of anilines is 1. The van der Waals surface area contributed by atoms with Gasteiger partial charge in [0, 0.05) is 12.6 Å². The molecule has 4 rings (SSSR count). The summed E-state index contributed by atoms with van der Waals surface area (Å²) in [5.41, 5.74) is 2.85. The van der Waals surface area contributed by atoms with Crippen LogP contribution in [0.4, 0.5) is 5.69 Å². The maximum Gasteiger partial charge on any atom is 0.200 e. The van der Waals surface area contributed by atoms with Crippen LogP contribution < -0.4 is 5.32 Å². The standard InChI is InChI=1S/C18H28N6/c1-14-11-17(18-21-20-13-24(18)22-14)19-12-15-7-9-23(10-8-15)16-5-3-2-4-6-16/h11,13,15-16,19H,2-10,12H2,1H3. The van der Waals surface area contributed by atoms with E-state index in [4.69, 9.17) is 0 Å². The smallest absolute Gasteiger partial charge is 0.200 e. The number of fused-ring (bicyclic) bond motifs is 1. The van der Waals surface area contributed by atoms with Crippen LogP contribution in [-0.4, -0.2) is 50.4 Å². The number of hydrogen-bond donors (Lipinski definition) is 1. The van der Waals surface area contributed by atoms with Gasteiger partial charge < -0.3 is 10.2 Å². The normalized spacial score (nSPS) is 21.4. The van der Waals surface area contributed by atoms with E-state index in [1.54, 1.807) is 10.8 Å². The van der Waals surface area contributed by atoms with Crippen molar-refractivity contribution in [3.05, 3.63) is 18.1 Å². The lowest BCUT2D eigenvalue weighted by atomic mass is 9.90. The van der Waals surface area contributed by atoms with Crippen LogP contribution in [0.3, 0.4) is 0 Å². The molecule has 6 heteroatoms. The summed E-state index contributed by atoms with van der Waals surface area (Å²) in [7, 11) is 0. The second kappa shape index (κ2) is 7.05. The molecular weight excluding hydrogens is 300 g/mol. The van der Waals surface area contributed by atoms with Crippen LogP contribution in [-0.2, 0) is 0 Å². The van der Waals surface area contributed by atoms with Gasteiger partial charge in [0.1, 0.15) is 6.33 Å². The molecule has 6 nitrogen and oxygen atoms in total. The Morgan fingerprint density at radius 2 is 1.92 bits per heavy atom. The van der Waals surface area contributed by atoms with Crippen LogP contribution in [0.25, 0.3) is 5.65 Å². The molecule has 1 saturated carbocycles. The van der Waals surface area contributed by atoms with Gasteiger partial charge in [-0.05, 0) is 57.7 Å². The zero-order chi connectivity index (χ0) is 16.4. The fourth-order valence-corrected chi connectivity index (χ4v) is 4.31. The summed E-state index contributed by atoms with van der Waals surface area (Å²) in [4.78, 5) is 2.75.